The molecule has 0 amide bonds. The number of carbonyl (C=O) groups is 1. The van der Waals surface area contributed by atoms with E-state index in [4.69, 9.17) is 0 Å². The zero-order valence-electron chi connectivity index (χ0n) is 11.3. The van der Waals surface area contributed by atoms with E-state index in [2.05, 4.69) is 24.6 Å². The number of nitrogens with zero attached hydrogens (tertiary/aromatic N) is 1. The largest absolute Gasteiger partial charge is 0.481 e. The molecule has 1 N–H and O–H groups in total. The minimum absolute atomic E-state index is 0.797. The average Bonchev–Trinajstić information content (AvgIpc) is 2.65. The molecule has 1 heterocycles. The van der Waals surface area contributed by atoms with Gasteiger partial charge in [0.2, 0.25) is 0 Å². The average molecular weight is 245 g/mol. The SMILES string of the molecule is CCn1cc(C)c2cc(C(C)(C)C(=O)O)ccc21. The predicted octanol–water partition coefficient (Wildman–Crippen LogP) is 3.33. The van der Waals surface area contributed by atoms with Crippen molar-refractivity contribution in [3.63, 3.8) is 0 Å². The summed E-state index contributed by atoms with van der Waals surface area (Å²) in [6, 6.07) is 5.94. The van der Waals surface area contributed by atoms with Gasteiger partial charge in [-0.05, 0) is 51.0 Å². The van der Waals surface area contributed by atoms with E-state index in [1.54, 1.807) is 13.8 Å². The maximum Gasteiger partial charge on any atom is 0.313 e. The second-order valence-electron chi connectivity index (χ2n) is 5.26. The first-order chi connectivity index (χ1) is 8.37. The van der Waals surface area contributed by atoms with Gasteiger partial charge in [-0.1, -0.05) is 6.07 Å². The van der Waals surface area contributed by atoms with Crippen molar-refractivity contribution >= 4 is 16.9 Å². The Morgan fingerprint density at radius 2 is 2.06 bits per heavy atom. The molecule has 0 radical (unpaired) electrons. The summed E-state index contributed by atoms with van der Waals surface area (Å²) in [5, 5.41) is 10.4. The number of benzene rings is 1. The van der Waals surface area contributed by atoms with Crippen molar-refractivity contribution in [3.05, 3.63) is 35.5 Å². The lowest BCUT2D eigenvalue weighted by Gasteiger charge is -2.20. The molecule has 0 atom stereocenters. The molecule has 0 spiro atoms. The summed E-state index contributed by atoms with van der Waals surface area (Å²) >= 11 is 0. The monoisotopic (exact) mass is 245 g/mol. The van der Waals surface area contributed by atoms with Crippen LogP contribution in [0.25, 0.3) is 10.9 Å². The number of fused-ring (bicyclic) bond motifs is 1. The smallest absolute Gasteiger partial charge is 0.313 e. The van der Waals surface area contributed by atoms with Gasteiger partial charge < -0.3 is 9.67 Å². The van der Waals surface area contributed by atoms with Crippen LogP contribution in [0.5, 0.6) is 0 Å². The molecule has 3 heteroatoms. The molecule has 2 rings (SSSR count). The molecule has 0 aliphatic heterocycles. The van der Waals surface area contributed by atoms with Crippen molar-refractivity contribution in [3.8, 4) is 0 Å². The first kappa shape index (κ1) is 12.7. The molecule has 1 aromatic carbocycles. The first-order valence-electron chi connectivity index (χ1n) is 6.21. The number of hydrogen-bond donors (Lipinski definition) is 1. The van der Waals surface area contributed by atoms with Gasteiger partial charge in [-0.15, -0.1) is 0 Å². The topological polar surface area (TPSA) is 42.2 Å². The number of carboxylic acids is 1. The van der Waals surface area contributed by atoms with E-state index < -0.39 is 11.4 Å². The Balaban J connectivity index is 2.65. The van der Waals surface area contributed by atoms with Crippen LogP contribution in [0, 0.1) is 6.92 Å². The minimum atomic E-state index is -0.852. The third-order valence-electron chi connectivity index (χ3n) is 3.68. The Morgan fingerprint density at radius 3 is 2.61 bits per heavy atom. The van der Waals surface area contributed by atoms with E-state index in [0.29, 0.717) is 0 Å². The summed E-state index contributed by atoms with van der Waals surface area (Å²) in [7, 11) is 0. The van der Waals surface area contributed by atoms with Gasteiger partial charge in [0.25, 0.3) is 0 Å². The molecule has 2 aromatic rings. The van der Waals surface area contributed by atoms with Gasteiger partial charge in [0, 0.05) is 23.6 Å². The van der Waals surface area contributed by atoms with Gasteiger partial charge in [0.15, 0.2) is 0 Å². The van der Waals surface area contributed by atoms with Crippen LogP contribution in [0.15, 0.2) is 24.4 Å². The van der Waals surface area contributed by atoms with E-state index in [0.717, 1.165) is 17.5 Å². The Morgan fingerprint density at radius 1 is 1.39 bits per heavy atom. The summed E-state index contributed by atoms with van der Waals surface area (Å²) in [6.07, 6.45) is 2.11. The maximum atomic E-state index is 11.3. The highest BCUT2D eigenvalue weighted by Crippen LogP contribution is 2.29. The third kappa shape index (κ3) is 1.80. The fourth-order valence-corrected chi connectivity index (χ4v) is 2.25. The summed E-state index contributed by atoms with van der Waals surface area (Å²) in [6.45, 7) is 8.57. The van der Waals surface area contributed by atoms with Gasteiger partial charge in [-0.2, -0.15) is 0 Å². The van der Waals surface area contributed by atoms with Gasteiger partial charge >= 0.3 is 5.97 Å². The van der Waals surface area contributed by atoms with Crippen molar-refractivity contribution in [2.24, 2.45) is 0 Å². The van der Waals surface area contributed by atoms with Crippen LogP contribution in [0.2, 0.25) is 0 Å². The number of aliphatic carboxylic acids is 1. The van der Waals surface area contributed by atoms with Crippen LogP contribution in [-0.4, -0.2) is 15.6 Å². The van der Waals surface area contributed by atoms with Crippen molar-refractivity contribution in [1.29, 1.82) is 0 Å². The normalized spacial score (nSPS) is 12.0. The zero-order chi connectivity index (χ0) is 13.5. The lowest BCUT2D eigenvalue weighted by Crippen LogP contribution is -2.28. The third-order valence-corrected chi connectivity index (χ3v) is 3.68. The van der Waals surface area contributed by atoms with E-state index in [9.17, 15) is 9.90 Å². The highest BCUT2D eigenvalue weighted by atomic mass is 16.4. The van der Waals surface area contributed by atoms with Gasteiger partial charge in [0.05, 0.1) is 5.41 Å². The molecule has 3 nitrogen and oxygen atoms in total. The molecule has 0 aliphatic rings. The van der Waals surface area contributed by atoms with Crippen molar-refractivity contribution in [2.45, 2.75) is 39.7 Å². The van der Waals surface area contributed by atoms with Crippen LogP contribution >= 0.6 is 0 Å². The zero-order valence-corrected chi connectivity index (χ0v) is 11.3. The molecule has 0 aliphatic carbocycles. The predicted molar refractivity (Wildman–Crippen MR) is 73.0 cm³/mol. The Bertz CT molecular complexity index is 608. The van der Waals surface area contributed by atoms with Crippen LogP contribution in [0.4, 0.5) is 0 Å². The van der Waals surface area contributed by atoms with Gasteiger partial charge in [-0.3, -0.25) is 4.79 Å². The van der Waals surface area contributed by atoms with Crippen LogP contribution in [0.3, 0.4) is 0 Å². The van der Waals surface area contributed by atoms with Crippen LogP contribution < -0.4 is 0 Å². The van der Waals surface area contributed by atoms with Crippen molar-refractivity contribution in [1.82, 2.24) is 4.57 Å². The van der Waals surface area contributed by atoms with E-state index in [-0.39, 0.29) is 0 Å². The fraction of sp³-hybridized carbons (Fsp3) is 0.400. The quantitative estimate of drug-likeness (QED) is 0.901. The lowest BCUT2D eigenvalue weighted by molar-refractivity contribution is -0.142. The molecular weight excluding hydrogens is 226 g/mol. The standard InChI is InChI=1S/C15H19NO2/c1-5-16-9-10(2)12-8-11(6-7-13(12)16)15(3,4)14(17)18/h6-9H,5H2,1-4H3,(H,17,18). The van der Waals surface area contributed by atoms with E-state index >= 15 is 0 Å². The van der Waals surface area contributed by atoms with Crippen molar-refractivity contribution < 1.29 is 9.90 Å². The summed E-state index contributed by atoms with van der Waals surface area (Å²) in [5.41, 5.74) is 2.35. The van der Waals surface area contributed by atoms with E-state index in [1.165, 1.54) is 11.1 Å². The van der Waals surface area contributed by atoms with Gasteiger partial charge in [-0.25, -0.2) is 0 Å². The summed E-state index contributed by atoms with van der Waals surface area (Å²) in [5.74, 6) is -0.797. The Hall–Kier alpha value is -1.77. The molecule has 0 saturated carbocycles. The Labute approximate surface area is 107 Å². The Kier molecular flexibility index (Phi) is 2.93. The summed E-state index contributed by atoms with van der Waals surface area (Å²) in [4.78, 5) is 11.3. The number of rotatable bonds is 3. The molecule has 0 bridgehead atoms. The van der Waals surface area contributed by atoms with Crippen LogP contribution in [0.1, 0.15) is 31.9 Å². The number of hydrogen-bond acceptors (Lipinski definition) is 1. The highest BCUT2D eigenvalue weighted by Gasteiger charge is 2.29. The molecule has 0 fully saturated rings. The molecular formula is C15H19NO2. The number of aryl methyl sites for hydroxylation is 2. The number of carboxylic acid groups (broad SMARTS) is 1. The van der Waals surface area contributed by atoms with Crippen molar-refractivity contribution in [2.75, 3.05) is 0 Å². The second-order valence-corrected chi connectivity index (χ2v) is 5.26. The maximum absolute atomic E-state index is 11.3. The van der Waals surface area contributed by atoms with Gasteiger partial charge in [0.1, 0.15) is 0 Å². The molecule has 18 heavy (non-hydrogen) atoms. The van der Waals surface area contributed by atoms with Crippen LogP contribution in [-0.2, 0) is 16.8 Å². The molecule has 0 unspecified atom stereocenters. The molecule has 1 aromatic heterocycles. The second kappa shape index (κ2) is 4.16. The molecule has 0 saturated heterocycles. The fourth-order valence-electron chi connectivity index (χ4n) is 2.25. The van der Waals surface area contributed by atoms with E-state index in [1.807, 2.05) is 18.2 Å². The minimum Gasteiger partial charge on any atom is -0.481 e. The number of aromatic nitrogens is 1. The first-order valence-corrected chi connectivity index (χ1v) is 6.21. The summed E-state index contributed by atoms with van der Waals surface area (Å²) < 4.78 is 2.18. The molecule has 96 valence electrons. The lowest BCUT2D eigenvalue weighted by atomic mass is 9.84. The highest BCUT2D eigenvalue weighted by molar-refractivity contribution is 5.87.